The first-order valence-corrected chi connectivity index (χ1v) is 23.6. The number of rotatable bonds is 13. The molecular formula is C48H59N15O4. The number of anilines is 7. The number of Topliss-reactive ketones (excluding diaryl/α,β-unsaturated/α-hetero) is 1. The maximum Gasteiger partial charge on any atom is 0.263 e. The molecule has 350 valence electrons. The Bertz CT molecular complexity index is 2750. The number of fused-ring (bicyclic) bond motifs is 1. The van der Waals surface area contributed by atoms with E-state index in [0.29, 0.717) is 63.2 Å². The van der Waals surface area contributed by atoms with Gasteiger partial charge < -0.3 is 36.0 Å². The molecule has 2 aliphatic carbocycles. The summed E-state index contributed by atoms with van der Waals surface area (Å²) >= 11 is 0. The Kier molecular flexibility index (Phi) is 11.7. The van der Waals surface area contributed by atoms with Crippen molar-refractivity contribution in [3.05, 3.63) is 75.8 Å². The minimum atomic E-state index is -0.317. The number of nitrogens with zero attached hydrogens (tertiary/aromatic N) is 11. The molecule has 0 bridgehead atoms. The summed E-state index contributed by atoms with van der Waals surface area (Å²) in [5.41, 5.74) is 2.70. The third kappa shape index (κ3) is 8.60. The van der Waals surface area contributed by atoms with Crippen LogP contribution in [0.15, 0.2) is 53.6 Å². The van der Waals surface area contributed by atoms with Crippen LogP contribution in [0.1, 0.15) is 90.6 Å². The summed E-state index contributed by atoms with van der Waals surface area (Å²) in [6.45, 7) is 8.24. The predicted octanol–water partition coefficient (Wildman–Crippen LogP) is 5.10. The molecule has 2 amide bonds. The van der Waals surface area contributed by atoms with Gasteiger partial charge in [-0.05, 0) is 94.3 Å². The van der Waals surface area contributed by atoms with Gasteiger partial charge in [-0.15, -0.1) is 10.2 Å². The fraction of sp³-hybridized carbons (Fsp3) is 0.500. The maximum absolute atomic E-state index is 13.6. The number of nitrogens with one attached hydrogen (secondary N) is 4. The third-order valence-corrected chi connectivity index (χ3v) is 14.7. The van der Waals surface area contributed by atoms with E-state index >= 15 is 0 Å². The Balaban J connectivity index is 0.674. The van der Waals surface area contributed by atoms with Crippen LogP contribution < -0.4 is 36.6 Å². The van der Waals surface area contributed by atoms with Gasteiger partial charge in [-0.25, -0.2) is 15.0 Å². The SMILES string of the molecule is CNc1ccc(C(=O)Nc2ccc(N(C)C)nn2)c(NC2CC3(C2)CN(C(=O)C2CN(C4CCN(c5ccc(Nc6ncc7c(C)c(C(C)=O)c(=O)n(C8CCCC8)c7n6)nc5)CC4)C2)C3)n1. The number of piperidine rings is 1. The molecule has 0 atom stereocenters. The smallest absolute Gasteiger partial charge is 0.263 e. The molecule has 19 heteroatoms. The molecule has 5 aromatic heterocycles. The minimum Gasteiger partial charge on any atom is -0.373 e. The molecule has 0 aromatic carbocycles. The average molecular weight is 910 g/mol. The molecule has 3 saturated heterocycles. The van der Waals surface area contributed by atoms with Crippen LogP contribution in [0, 0.1) is 18.3 Å². The lowest BCUT2D eigenvalue weighted by molar-refractivity contribution is -0.161. The Morgan fingerprint density at radius 2 is 1.57 bits per heavy atom. The van der Waals surface area contributed by atoms with Crippen LogP contribution in [0.4, 0.5) is 40.7 Å². The molecule has 5 aliphatic rings. The molecule has 0 radical (unpaired) electrons. The van der Waals surface area contributed by atoms with Gasteiger partial charge in [0.05, 0.1) is 28.9 Å². The Morgan fingerprint density at radius 1 is 0.836 bits per heavy atom. The third-order valence-electron chi connectivity index (χ3n) is 14.7. The molecule has 4 N–H and O–H groups in total. The highest BCUT2D eigenvalue weighted by molar-refractivity contribution is 6.07. The van der Waals surface area contributed by atoms with E-state index in [9.17, 15) is 19.2 Å². The monoisotopic (exact) mass is 909 g/mol. The van der Waals surface area contributed by atoms with Crippen LogP contribution in [-0.4, -0.2) is 135 Å². The molecule has 3 aliphatic heterocycles. The van der Waals surface area contributed by atoms with E-state index in [0.717, 1.165) is 96.3 Å². The van der Waals surface area contributed by atoms with Crippen molar-refractivity contribution in [2.45, 2.75) is 83.3 Å². The van der Waals surface area contributed by atoms with Crippen LogP contribution >= 0.6 is 0 Å². The van der Waals surface area contributed by atoms with Gasteiger partial charge in [0.1, 0.15) is 23.1 Å². The van der Waals surface area contributed by atoms with E-state index in [-0.39, 0.29) is 52.1 Å². The van der Waals surface area contributed by atoms with Crippen molar-refractivity contribution >= 4 is 69.4 Å². The predicted molar refractivity (Wildman–Crippen MR) is 258 cm³/mol. The highest BCUT2D eigenvalue weighted by Crippen LogP contribution is 2.50. The van der Waals surface area contributed by atoms with E-state index in [1.54, 1.807) is 49.0 Å². The van der Waals surface area contributed by atoms with Gasteiger partial charge in [-0.3, -0.25) is 28.6 Å². The highest BCUT2D eigenvalue weighted by atomic mass is 16.2. The fourth-order valence-corrected chi connectivity index (χ4v) is 10.9. The van der Waals surface area contributed by atoms with Crippen LogP contribution in [-0.2, 0) is 4.79 Å². The maximum atomic E-state index is 13.6. The van der Waals surface area contributed by atoms with Crippen LogP contribution in [0.2, 0.25) is 0 Å². The van der Waals surface area contributed by atoms with Gasteiger partial charge in [-0.2, -0.15) is 4.98 Å². The largest absolute Gasteiger partial charge is 0.373 e. The molecule has 10 rings (SSSR count). The molecule has 5 aromatic rings. The van der Waals surface area contributed by atoms with E-state index in [2.05, 4.69) is 57.3 Å². The van der Waals surface area contributed by atoms with E-state index in [1.807, 2.05) is 36.2 Å². The van der Waals surface area contributed by atoms with Crippen molar-refractivity contribution in [3.8, 4) is 0 Å². The number of aryl methyl sites for hydroxylation is 1. The number of carbonyl (C=O) groups excluding carboxylic acids is 3. The second-order valence-corrected chi connectivity index (χ2v) is 19.4. The summed E-state index contributed by atoms with van der Waals surface area (Å²) in [6, 6.07) is 11.7. The zero-order valence-electron chi connectivity index (χ0n) is 38.9. The van der Waals surface area contributed by atoms with Gasteiger partial charge in [0.15, 0.2) is 17.4 Å². The first-order valence-electron chi connectivity index (χ1n) is 23.6. The summed E-state index contributed by atoms with van der Waals surface area (Å²) in [6.07, 6.45) is 11.3. The van der Waals surface area contributed by atoms with Crippen molar-refractivity contribution < 1.29 is 14.4 Å². The molecule has 8 heterocycles. The Labute approximate surface area is 389 Å². The lowest BCUT2D eigenvalue weighted by Crippen LogP contribution is -2.69. The lowest BCUT2D eigenvalue weighted by atomic mass is 9.60. The van der Waals surface area contributed by atoms with Crippen molar-refractivity contribution in [1.82, 2.24) is 44.5 Å². The molecular weight excluding hydrogens is 851 g/mol. The van der Waals surface area contributed by atoms with E-state index < -0.39 is 0 Å². The van der Waals surface area contributed by atoms with Crippen LogP contribution in [0.5, 0.6) is 0 Å². The number of carbonyl (C=O) groups is 3. The number of pyridine rings is 3. The molecule has 1 spiro atoms. The molecule has 19 nitrogen and oxygen atoms in total. The summed E-state index contributed by atoms with van der Waals surface area (Å²) in [5, 5.41) is 21.7. The Morgan fingerprint density at radius 3 is 2.22 bits per heavy atom. The van der Waals surface area contributed by atoms with Crippen LogP contribution in [0.3, 0.4) is 0 Å². The van der Waals surface area contributed by atoms with Gasteiger partial charge in [0, 0.05) is 95.5 Å². The fourth-order valence-electron chi connectivity index (χ4n) is 10.9. The lowest BCUT2D eigenvalue weighted by Gasteiger charge is -2.60. The standard InChI is InChI=1S/C48H59N15O4/c1-28-36-23-51-47(56-43(36)63(33-8-6-7-9-33)46(67)41(28)29(2)64)55-38-12-10-34(22-50-38)60-18-16-32(17-19-60)61-24-30(25-61)45(66)62-26-48(27-62)20-31(21-48)52-42-35(11-13-37(49-3)53-42)44(65)54-39-14-15-40(58-57-39)59(4)5/h10-15,22-23,30-33H,6-9,16-21,24-27H2,1-5H3,(H2,49,52,53)(H,54,57,65)(H,50,51,55,56). The molecule has 67 heavy (non-hydrogen) atoms. The van der Waals surface area contributed by atoms with Gasteiger partial charge in [-0.1, -0.05) is 12.8 Å². The number of amides is 2. The second kappa shape index (κ2) is 17.8. The molecule has 2 saturated carbocycles. The summed E-state index contributed by atoms with van der Waals surface area (Å²) < 4.78 is 1.72. The quantitative estimate of drug-likeness (QED) is 0.113. The molecule has 5 fully saturated rings. The average Bonchev–Trinajstić information content (AvgIpc) is 3.81. The van der Waals surface area contributed by atoms with Crippen LogP contribution in [0.25, 0.3) is 11.0 Å². The zero-order valence-corrected chi connectivity index (χ0v) is 38.9. The van der Waals surface area contributed by atoms with Gasteiger partial charge in [0.2, 0.25) is 11.9 Å². The zero-order chi connectivity index (χ0) is 46.6. The minimum absolute atomic E-state index is 0.00868. The van der Waals surface area contributed by atoms with Crippen molar-refractivity contribution in [2.24, 2.45) is 11.3 Å². The topological polar surface area (TPSA) is 212 Å². The summed E-state index contributed by atoms with van der Waals surface area (Å²) in [4.78, 5) is 80.5. The highest BCUT2D eigenvalue weighted by Gasteiger charge is 2.55. The summed E-state index contributed by atoms with van der Waals surface area (Å²) in [7, 11) is 5.56. The number of ketones is 1. The first-order chi connectivity index (χ1) is 32.3. The summed E-state index contributed by atoms with van der Waals surface area (Å²) in [5.74, 6) is 2.95. The number of hydrogen-bond acceptors (Lipinski definition) is 16. The van der Waals surface area contributed by atoms with E-state index in [4.69, 9.17) is 9.97 Å². The second-order valence-electron chi connectivity index (χ2n) is 19.4. The van der Waals surface area contributed by atoms with Crippen molar-refractivity contribution in [3.63, 3.8) is 0 Å². The molecule has 0 unspecified atom stereocenters. The van der Waals surface area contributed by atoms with Gasteiger partial charge in [0.25, 0.3) is 11.5 Å². The number of aromatic nitrogens is 7. The van der Waals surface area contributed by atoms with E-state index in [1.165, 1.54) is 6.92 Å². The number of likely N-dealkylation sites (tertiary alicyclic amines) is 2. The number of hydrogen-bond donors (Lipinski definition) is 4. The first kappa shape index (κ1) is 44.1. The van der Waals surface area contributed by atoms with Gasteiger partial charge >= 0.3 is 0 Å². The van der Waals surface area contributed by atoms with Crippen molar-refractivity contribution in [1.29, 1.82) is 0 Å². The normalized spacial score (nSPS) is 18.9. The Hall–Kier alpha value is -6.76. The van der Waals surface area contributed by atoms with Crippen molar-refractivity contribution in [2.75, 3.05) is 91.5 Å².